The summed E-state index contributed by atoms with van der Waals surface area (Å²) in [5.41, 5.74) is 2.02. The third-order valence-corrected chi connectivity index (χ3v) is 10.4. The van der Waals surface area contributed by atoms with Gasteiger partial charge < -0.3 is 14.4 Å². The van der Waals surface area contributed by atoms with Gasteiger partial charge in [0.1, 0.15) is 5.82 Å². The molecule has 0 spiro atoms. The van der Waals surface area contributed by atoms with Gasteiger partial charge in [-0.1, -0.05) is 32.4 Å². The topological polar surface area (TPSA) is 59.1 Å². The number of halogens is 1. The number of fused-ring (bicyclic) bond motifs is 1. The standard InChI is InChI=1S/C33H49FN2O4/c1-24(7-13-28-25(2)8-14-29-32(28,3)16-6-17-33(29,4)31(38)39-5)15-22-40-30(37)23-35-18-20-36(21-19-35)27-11-9-26(34)10-12-27/h9-12,24,28-29H,2,6-8,13-23H2,1,3-5H3/t24-,28-,29+,32+,33-/m0/s1. The monoisotopic (exact) mass is 556 g/mol. The minimum Gasteiger partial charge on any atom is -0.469 e. The number of carbonyl (C=O) groups is 2. The highest BCUT2D eigenvalue weighted by Gasteiger charge is 2.57. The minimum absolute atomic E-state index is 0.0559. The number of hydrogen-bond acceptors (Lipinski definition) is 6. The first kappa shape index (κ1) is 30.5. The first-order valence-corrected chi connectivity index (χ1v) is 15.2. The van der Waals surface area contributed by atoms with E-state index in [9.17, 15) is 14.0 Å². The molecule has 2 saturated carbocycles. The van der Waals surface area contributed by atoms with E-state index in [1.807, 2.05) is 0 Å². The normalized spacial score (nSPS) is 29.9. The zero-order valence-electron chi connectivity index (χ0n) is 25.1. The fourth-order valence-corrected chi connectivity index (χ4v) is 7.97. The second-order valence-corrected chi connectivity index (χ2v) is 13.0. The van der Waals surface area contributed by atoms with Crippen molar-refractivity contribution in [1.82, 2.24) is 4.90 Å². The van der Waals surface area contributed by atoms with Crippen molar-refractivity contribution in [1.29, 1.82) is 0 Å². The summed E-state index contributed by atoms with van der Waals surface area (Å²) < 4.78 is 24.1. The maximum atomic E-state index is 13.2. The van der Waals surface area contributed by atoms with Gasteiger partial charge in [0, 0.05) is 31.9 Å². The summed E-state index contributed by atoms with van der Waals surface area (Å²) in [6, 6.07) is 6.58. The van der Waals surface area contributed by atoms with E-state index in [1.54, 1.807) is 12.1 Å². The lowest BCUT2D eigenvalue weighted by atomic mass is 9.46. The Morgan fingerprint density at radius 2 is 1.80 bits per heavy atom. The Balaban J connectivity index is 1.18. The average Bonchev–Trinajstić information content (AvgIpc) is 2.93. The number of piperazine rings is 1. The number of rotatable bonds is 10. The molecule has 1 aliphatic heterocycles. The van der Waals surface area contributed by atoms with Crippen LogP contribution in [-0.2, 0) is 19.1 Å². The fraction of sp³-hybridized carbons (Fsp3) is 0.697. The van der Waals surface area contributed by atoms with E-state index < -0.39 is 5.41 Å². The van der Waals surface area contributed by atoms with Gasteiger partial charge in [0.05, 0.1) is 25.7 Å². The molecule has 1 aromatic carbocycles. The van der Waals surface area contributed by atoms with Gasteiger partial charge in [-0.25, -0.2) is 4.39 Å². The van der Waals surface area contributed by atoms with Crippen LogP contribution < -0.4 is 4.90 Å². The van der Waals surface area contributed by atoms with Crippen molar-refractivity contribution in [3.05, 3.63) is 42.2 Å². The Morgan fingerprint density at radius 3 is 2.48 bits per heavy atom. The lowest BCUT2D eigenvalue weighted by Gasteiger charge is -2.57. The van der Waals surface area contributed by atoms with Crippen LogP contribution in [-0.4, -0.2) is 63.3 Å². The highest BCUT2D eigenvalue weighted by atomic mass is 19.1. The molecule has 5 atom stereocenters. The second-order valence-electron chi connectivity index (χ2n) is 13.0. The number of ether oxygens (including phenoxy) is 2. The molecule has 1 aromatic rings. The summed E-state index contributed by atoms with van der Waals surface area (Å²) in [5.74, 6) is 0.732. The zero-order chi connectivity index (χ0) is 28.9. The first-order chi connectivity index (χ1) is 19.1. The van der Waals surface area contributed by atoms with Crippen molar-refractivity contribution < 1.29 is 23.5 Å². The summed E-state index contributed by atoms with van der Waals surface area (Å²) in [6.07, 6.45) is 8.08. The van der Waals surface area contributed by atoms with Gasteiger partial charge in [0.2, 0.25) is 0 Å². The predicted octanol–water partition coefficient (Wildman–Crippen LogP) is 6.25. The number of esters is 2. The molecular formula is C33H49FN2O4. The van der Waals surface area contributed by atoms with Gasteiger partial charge in [-0.2, -0.15) is 0 Å². The van der Waals surface area contributed by atoms with Crippen LogP contribution in [0.5, 0.6) is 0 Å². The van der Waals surface area contributed by atoms with E-state index >= 15 is 0 Å². The SMILES string of the molecule is C=C1CC[C@@H]2[C@](C)(CCC[C@]2(C)C(=O)OC)[C@H]1CC[C@H](C)CCOC(=O)CN1CCN(c2ccc(F)cc2)CC1. The zero-order valence-corrected chi connectivity index (χ0v) is 25.1. The van der Waals surface area contributed by atoms with Crippen LogP contribution in [0.1, 0.15) is 72.1 Å². The summed E-state index contributed by atoms with van der Waals surface area (Å²) in [5, 5.41) is 0. The third-order valence-electron chi connectivity index (χ3n) is 10.4. The third kappa shape index (κ3) is 6.72. The molecule has 6 nitrogen and oxygen atoms in total. The van der Waals surface area contributed by atoms with Crippen molar-refractivity contribution in [2.75, 3.05) is 51.3 Å². The van der Waals surface area contributed by atoms with Crippen molar-refractivity contribution >= 4 is 17.6 Å². The number of anilines is 1. The highest BCUT2D eigenvalue weighted by molar-refractivity contribution is 5.77. The molecule has 3 aliphatic rings. The maximum Gasteiger partial charge on any atom is 0.320 e. The predicted molar refractivity (Wildman–Crippen MR) is 156 cm³/mol. The molecule has 0 N–H and O–H groups in total. The molecule has 0 unspecified atom stereocenters. The summed E-state index contributed by atoms with van der Waals surface area (Å²) in [6.45, 7) is 15.2. The minimum atomic E-state index is -0.409. The van der Waals surface area contributed by atoms with Crippen LogP contribution in [0.25, 0.3) is 0 Å². The van der Waals surface area contributed by atoms with Gasteiger partial charge in [0.25, 0.3) is 0 Å². The molecule has 4 rings (SSSR count). The number of methoxy groups -OCH3 is 1. The second kappa shape index (κ2) is 13.1. The van der Waals surface area contributed by atoms with E-state index in [-0.39, 0.29) is 23.2 Å². The maximum absolute atomic E-state index is 13.2. The fourth-order valence-electron chi connectivity index (χ4n) is 7.97. The van der Waals surface area contributed by atoms with Crippen molar-refractivity contribution in [2.24, 2.45) is 28.6 Å². The summed E-state index contributed by atoms with van der Waals surface area (Å²) >= 11 is 0. The van der Waals surface area contributed by atoms with Crippen LogP contribution in [0, 0.1) is 34.4 Å². The van der Waals surface area contributed by atoms with Gasteiger partial charge in [-0.05, 0) is 99.3 Å². The Bertz CT molecular complexity index is 1040. The highest BCUT2D eigenvalue weighted by Crippen LogP contribution is 2.62. The number of benzene rings is 1. The van der Waals surface area contributed by atoms with E-state index in [4.69, 9.17) is 9.47 Å². The molecule has 1 saturated heterocycles. The number of hydrogen-bond donors (Lipinski definition) is 0. The van der Waals surface area contributed by atoms with E-state index in [0.29, 0.717) is 30.9 Å². The lowest BCUT2D eigenvalue weighted by Crippen LogP contribution is -2.53. The number of carbonyl (C=O) groups excluding carboxylic acids is 2. The Morgan fingerprint density at radius 1 is 1.10 bits per heavy atom. The molecule has 0 bridgehead atoms. The molecule has 2 aliphatic carbocycles. The Labute approximate surface area is 240 Å². The van der Waals surface area contributed by atoms with Crippen LogP contribution >= 0.6 is 0 Å². The summed E-state index contributed by atoms with van der Waals surface area (Å²) in [4.78, 5) is 29.7. The Hall–Kier alpha value is -2.41. The van der Waals surface area contributed by atoms with Crippen LogP contribution in [0.4, 0.5) is 10.1 Å². The lowest BCUT2D eigenvalue weighted by molar-refractivity contribution is -0.168. The van der Waals surface area contributed by atoms with Gasteiger partial charge in [0.15, 0.2) is 0 Å². The smallest absolute Gasteiger partial charge is 0.320 e. The molecule has 0 aromatic heterocycles. The first-order valence-electron chi connectivity index (χ1n) is 15.2. The molecule has 3 fully saturated rings. The molecule has 40 heavy (non-hydrogen) atoms. The molecular weight excluding hydrogens is 507 g/mol. The average molecular weight is 557 g/mol. The number of allylic oxidation sites excluding steroid dienone is 1. The van der Waals surface area contributed by atoms with E-state index in [0.717, 1.165) is 83.2 Å². The molecule has 7 heteroatoms. The van der Waals surface area contributed by atoms with Crippen molar-refractivity contribution in [3.63, 3.8) is 0 Å². The van der Waals surface area contributed by atoms with Gasteiger partial charge in [-0.3, -0.25) is 14.5 Å². The molecule has 0 amide bonds. The van der Waals surface area contributed by atoms with Crippen LogP contribution in [0.2, 0.25) is 0 Å². The van der Waals surface area contributed by atoms with Crippen LogP contribution in [0.15, 0.2) is 36.4 Å². The van der Waals surface area contributed by atoms with Gasteiger partial charge in [-0.15, -0.1) is 0 Å². The molecule has 0 radical (unpaired) electrons. The number of nitrogens with zero attached hydrogens (tertiary/aromatic N) is 2. The molecule has 222 valence electrons. The van der Waals surface area contributed by atoms with Crippen molar-refractivity contribution in [2.45, 2.75) is 72.1 Å². The van der Waals surface area contributed by atoms with Gasteiger partial charge >= 0.3 is 11.9 Å². The quantitative estimate of drug-likeness (QED) is 0.251. The van der Waals surface area contributed by atoms with Crippen LogP contribution in [0.3, 0.4) is 0 Å². The molecule has 1 heterocycles. The Kier molecular flexibility index (Phi) is 9.97. The van der Waals surface area contributed by atoms with E-state index in [1.165, 1.54) is 24.8 Å². The summed E-state index contributed by atoms with van der Waals surface area (Å²) in [7, 11) is 1.52. The van der Waals surface area contributed by atoms with Crippen molar-refractivity contribution in [3.8, 4) is 0 Å². The van der Waals surface area contributed by atoms with E-state index in [2.05, 4.69) is 37.1 Å². The largest absolute Gasteiger partial charge is 0.469 e.